The second kappa shape index (κ2) is 15.0. The summed E-state index contributed by atoms with van der Waals surface area (Å²) >= 11 is 0. The van der Waals surface area contributed by atoms with Crippen LogP contribution in [0.15, 0.2) is 107 Å². The Morgan fingerprint density at radius 3 is 2.33 bits per heavy atom. The van der Waals surface area contributed by atoms with Crippen LogP contribution in [0.1, 0.15) is 49.1 Å². The molecule has 3 N–H and O–H groups in total. The van der Waals surface area contributed by atoms with Gasteiger partial charge in [-0.25, -0.2) is 4.98 Å². The highest BCUT2D eigenvalue weighted by molar-refractivity contribution is 6.11. The number of amides is 1. The molecule has 1 amide bonds. The summed E-state index contributed by atoms with van der Waals surface area (Å²) in [6, 6.07) is 25.4. The molecule has 0 saturated carbocycles. The minimum absolute atomic E-state index is 0.0434. The third-order valence-electron chi connectivity index (χ3n) is 8.75. The highest BCUT2D eigenvalue weighted by Gasteiger charge is 2.34. The van der Waals surface area contributed by atoms with Crippen molar-refractivity contribution in [2.45, 2.75) is 44.7 Å². The molecule has 12 heteroatoms. The van der Waals surface area contributed by atoms with Gasteiger partial charge in [-0.15, -0.1) is 0 Å². The molecule has 0 radical (unpaired) electrons. The maximum atomic E-state index is 14.3. The van der Waals surface area contributed by atoms with Crippen molar-refractivity contribution < 1.29 is 48.4 Å². The predicted molar refractivity (Wildman–Crippen MR) is 186 cm³/mol. The van der Waals surface area contributed by atoms with E-state index in [0.29, 0.717) is 40.5 Å². The summed E-state index contributed by atoms with van der Waals surface area (Å²) < 4.78 is 17.0. The number of carbonyl (C=O) groups excluding carboxylic acids is 2. The van der Waals surface area contributed by atoms with Gasteiger partial charge in [-0.1, -0.05) is 60.7 Å². The van der Waals surface area contributed by atoms with Gasteiger partial charge in [-0.05, 0) is 71.7 Å². The van der Waals surface area contributed by atoms with Crippen molar-refractivity contribution >= 4 is 51.6 Å². The molecule has 0 aliphatic carbocycles. The van der Waals surface area contributed by atoms with Gasteiger partial charge in [0, 0.05) is 18.5 Å². The largest absolute Gasteiger partial charge is 0.503 e. The number of hydrogen-bond acceptors (Lipinski definition) is 9. The average molecular weight is 691 g/mol. The van der Waals surface area contributed by atoms with Crippen molar-refractivity contribution in [1.82, 2.24) is 9.88 Å². The number of para-hydroxylation sites is 2. The standard InChI is InChI=1S/C39H34N2O10/c1-23(28(27-15-16-33-34(18-27)50-22-49-33)9-6-12-35-40-30-10-4-5-11-32(30)51-35)41(21-24-13-14-25-7-2-3-8-26(25)17-24)39(48)38(47)29(19-36(43)44)31(42)20-37(45)46/h2-8,10-18,23,28,47H,9,19-22H2,1H3,(H,43,44)(H,45,46)/b12-6+,38-29?/t23-,28+/m1/s1. The third-order valence-corrected chi connectivity index (χ3v) is 8.75. The van der Waals surface area contributed by atoms with Crippen LogP contribution in [0.2, 0.25) is 0 Å². The number of fused-ring (bicyclic) bond motifs is 3. The Morgan fingerprint density at radius 1 is 0.843 bits per heavy atom. The fourth-order valence-corrected chi connectivity index (χ4v) is 6.16. The number of ether oxygens (including phenoxy) is 2. The van der Waals surface area contributed by atoms with Crippen LogP contribution < -0.4 is 9.47 Å². The third kappa shape index (κ3) is 7.91. The van der Waals surface area contributed by atoms with E-state index in [4.69, 9.17) is 13.9 Å². The molecule has 2 heterocycles. The summed E-state index contributed by atoms with van der Waals surface area (Å²) in [5, 5.41) is 31.9. The molecule has 1 aliphatic heterocycles. The van der Waals surface area contributed by atoms with Gasteiger partial charge in [0.05, 0.1) is 12.0 Å². The number of hydrogen-bond donors (Lipinski definition) is 3. The van der Waals surface area contributed by atoms with Crippen LogP contribution >= 0.6 is 0 Å². The Labute approximate surface area is 291 Å². The van der Waals surface area contributed by atoms with Gasteiger partial charge in [0.25, 0.3) is 5.91 Å². The molecule has 0 fully saturated rings. The molecule has 51 heavy (non-hydrogen) atoms. The summed E-state index contributed by atoms with van der Waals surface area (Å²) in [5.74, 6) is -5.37. The van der Waals surface area contributed by atoms with E-state index in [1.807, 2.05) is 84.9 Å². The number of aliphatic hydroxyl groups excluding tert-OH is 1. The van der Waals surface area contributed by atoms with Gasteiger partial charge >= 0.3 is 11.9 Å². The van der Waals surface area contributed by atoms with Crippen LogP contribution in [0.4, 0.5) is 0 Å². The monoisotopic (exact) mass is 690 g/mol. The van der Waals surface area contributed by atoms with Crippen LogP contribution in [0.25, 0.3) is 27.9 Å². The highest BCUT2D eigenvalue weighted by atomic mass is 16.7. The quantitative estimate of drug-likeness (QED) is 0.0646. The van der Waals surface area contributed by atoms with Gasteiger partial charge in [0.1, 0.15) is 11.9 Å². The SMILES string of the molecule is C[C@H]([C@H](C/C=C/c1nc2ccccc2o1)c1ccc2c(c1)OCO2)N(Cc1ccc2ccccc2c1)C(=O)C(O)=C(CC(=O)O)C(=O)CC(=O)O. The summed E-state index contributed by atoms with van der Waals surface area (Å²) in [6.07, 6.45) is 1.79. The van der Waals surface area contributed by atoms with E-state index in [1.54, 1.807) is 19.1 Å². The van der Waals surface area contributed by atoms with Gasteiger partial charge in [-0.2, -0.15) is 0 Å². The number of carbonyl (C=O) groups is 4. The topological polar surface area (TPSA) is 177 Å². The molecular weight excluding hydrogens is 656 g/mol. The number of aliphatic carboxylic acids is 2. The van der Waals surface area contributed by atoms with Gasteiger partial charge in [0.15, 0.2) is 28.6 Å². The van der Waals surface area contributed by atoms with E-state index < -0.39 is 59.8 Å². The number of nitrogens with zero attached hydrogens (tertiary/aromatic N) is 2. The van der Waals surface area contributed by atoms with E-state index in [-0.39, 0.29) is 13.3 Å². The maximum absolute atomic E-state index is 14.3. The predicted octanol–water partition coefficient (Wildman–Crippen LogP) is 6.64. The lowest BCUT2D eigenvalue weighted by Crippen LogP contribution is -2.43. The van der Waals surface area contributed by atoms with Crippen molar-refractivity contribution in [3.8, 4) is 11.5 Å². The number of rotatable bonds is 14. The fraction of sp³-hybridized carbons (Fsp3) is 0.205. The number of oxazole rings is 1. The van der Waals surface area contributed by atoms with Gasteiger partial charge in [-0.3, -0.25) is 19.2 Å². The number of carboxylic acid groups (broad SMARTS) is 2. The lowest BCUT2D eigenvalue weighted by Gasteiger charge is -2.35. The van der Waals surface area contributed by atoms with E-state index in [0.717, 1.165) is 16.3 Å². The number of allylic oxidation sites excluding steroid dienone is 1. The second-order valence-electron chi connectivity index (χ2n) is 12.1. The lowest BCUT2D eigenvalue weighted by atomic mass is 9.87. The first-order valence-corrected chi connectivity index (χ1v) is 16.2. The van der Waals surface area contributed by atoms with Crippen LogP contribution in [0, 0.1) is 0 Å². The average Bonchev–Trinajstić information content (AvgIpc) is 3.76. The van der Waals surface area contributed by atoms with E-state index in [1.165, 1.54) is 4.90 Å². The highest BCUT2D eigenvalue weighted by Crippen LogP contribution is 2.38. The van der Waals surface area contributed by atoms with Crippen LogP contribution in [-0.4, -0.2) is 61.7 Å². The Kier molecular flexibility index (Phi) is 10.1. The molecule has 12 nitrogen and oxygen atoms in total. The summed E-state index contributed by atoms with van der Waals surface area (Å²) in [5.41, 5.74) is 2.00. The minimum atomic E-state index is -1.53. The number of Topliss-reactive ketones (excluding diaryl/α,β-unsaturated/α-hetero) is 1. The normalized spacial score (nSPS) is 14.0. The van der Waals surface area contributed by atoms with E-state index in [2.05, 4.69) is 4.98 Å². The first-order valence-electron chi connectivity index (χ1n) is 16.2. The molecule has 0 bridgehead atoms. The molecule has 1 aliphatic rings. The van der Waals surface area contributed by atoms with Gasteiger partial charge < -0.3 is 34.1 Å². The lowest BCUT2D eigenvalue weighted by molar-refractivity contribution is -0.141. The molecule has 0 saturated heterocycles. The fourth-order valence-electron chi connectivity index (χ4n) is 6.16. The zero-order valence-electron chi connectivity index (χ0n) is 27.5. The first-order chi connectivity index (χ1) is 24.6. The van der Waals surface area contributed by atoms with Crippen LogP contribution in [0.3, 0.4) is 0 Å². The van der Waals surface area contributed by atoms with Crippen molar-refractivity contribution in [3.63, 3.8) is 0 Å². The van der Waals surface area contributed by atoms with Crippen molar-refractivity contribution in [1.29, 1.82) is 0 Å². The molecule has 4 aromatic carbocycles. The van der Waals surface area contributed by atoms with Gasteiger partial charge in [0.2, 0.25) is 12.7 Å². The van der Waals surface area contributed by atoms with Crippen molar-refractivity contribution in [2.24, 2.45) is 0 Å². The first kappa shape index (κ1) is 34.4. The molecule has 0 unspecified atom stereocenters. The van der Waals surface area contributed by atoms with Crippen LogP contribution in [-0.2, 0) is 25.7 Å². The molecular formula is C39H34N2O10. The maximum Gasteiger partial charge on any atom is 0.311 e. The minimum Gasteiger partial charge on any atom is -0.503 e. The summed E-state index contributed by atoms with van der Waals surface area (Å²) in [7, 11) is 0. The Hall–Kier alpha value is -6.43. The Balaban J connectivity index is 1.42. The second-order valence-corrected chi connectivity index (χ2v) is 12.1. The number of aromatic nitrogens is 1. The molecule has 260 valence electrons. The molecule has 1 aromatic heterocycles. The number of ketones is 1. The molecule has 6 rings (SSSR count). The molecule has 5 aromatic rings. The number of benzene rings is 4. The van der Waals surface area contributed by atoms with Crippen LogP contribution in [0.5, 0.6) is 11.5 Å². The summed E-state index contributed by atoms with van der Waals surface area (Å²) in [6.45, 7) is 1.79. The van der Waals surface area contributed by atoms with E-state index >= 15 is 0 Å². The van der Waals surface area contributed by atoms with E-state index in [9.17, 15) is 34.5 Å². The Morgan fingerprint density at radius 2 is 1.57 bits per heavy atom. The smallest absolute Gasteiger partial charge is 0.311 e. The zero-order chi connectivity index (χ0) is 36.1. The molecule has 0 spiro atoms. The number of carboxylic acids is 2. The zero-order valence-corrected chi connectivity index (χ0v) is 27.5. The van der Waals surface area contributed by atoms with Crippen molar-refractivity contribution in [3.05, 3.63) is 119 Å². The summed E-state index contributed by atoms with van der Waals surface area (Å²) in [4.78, 5) is 56.1. The Bertz CT molecular complexity index is 2170. The molecule has 2 atom stereocenters. The number of aliphatic hydroxyl groups is 1. The van der Waals surface area contributed by atoms with Crippen molar-refractivity contribution in [2.75, 3.05) is 6.79 Å².